The van der Waals surface area contributed by atoms with E-state index < -0.39 is 0 Å². The van der Waals surface area contributed by atoms with Gasteiger partial charge < -0.3 is 0 Å². The van der Waals surface area contributed by atoms with Crippen LogP contribution in [0.15, 0.2) is 18.2 Å². The highest BCUT2D eigenvalue weighted by Crippen LogP contribution is 2.26. The van der Waals surface area contributed by atoms with E-state index in [9.17, 15) is 0 Å². The Morgan fingerprint density at radius 2 is 1.13 bits per heavy atom. The molecule has 0 nitrogen and oxygen atoms in total. The van der Waals surface area contributed by atoms with Crippen LogP contribution in [0.4, 0.5) is 0 Å². The van der Waals surface area contributed by atoms with E-state index in [2.05, 4.69) is 52.8 Å². The summed E-state index contributed by atoms with van der Waals surface area (Å²) >= 11 is 0. The predicted molar refractivity (Wildman–Crippen MR) is 70.7 cm³/mol. The summed E-state index contributed by atoms with van der Waals surface area (Å²) in [6.07, 6.45) is 0. The quantitative estimate of drug-likeness (QED) is 0.618. The minimum absolute atomic E-state index is 0.638. The molecule has 0 radical (unpaired) electrons. The van der Waals surface area contributed by atoms with E-state index in [-0.39, 0.29) is 0 Å². The highest BCUT2D eigenvalue weighted by atomic mass is 14.1. The zero-order chi connectivity index (χ0) is 12.0. The summed E-state index contributed by atoms with van der Waals surface area (Å²) in [6.45, 7) is 15.3. The van der Waals surface area contributed by atoms with Crippen molar-refractivity contribution in [2.24, 2.45) is 0 Å². The molecule has 0 spiro atoms. The molecule has 0 atom stereocenters. The molecule has 0 bridgehead atoms. The summed E-state index contributed by atoms with van der Waals surface area (Å²) in [6, 6.07) is 6.66. The van der Waals surface area contributed by atoms with Crippen LogP contribution < -0.4 is 0 Å². The molecule has 0 unspecified atom stereocenters. The fourth-order valence-corrected chi connectivity index (χ4v) is 1.92. The first kappa shape index (κ1) is 14.2. The van der Waals surface area contributed by atoms with Crippen molar-refractivity contribution >= 4 is 0 Å². The second-order valence-electron chi connectivity index (χ2n) is 4.37. The van der Waals surface area contributed by atoms with Crippen LogP contribution in [0.5, 0.6) is 0 Å². The molecule has 0 amide bonds. The Morgan fingerprint density at radius 1 is 0.800 bits per heavy atom. The lowest BCUT2D eigenvalue weighted by Crippen LogP contribution is -1.98. The van der Waals surface area contributed by atoms with Gasteiger partial charge in [-0.15, -0.1) is 0 Å². The number of hydrogen-bond acceptors (Lipinski definition) is 0. The van der Waals surface area contributed by atoms with Gasteiger partial charge in [-0.05, 0) is 35.4 Å². The molecule has 1 rings (SSSR count). The van der Waals surface area contributed by atoms with Crippen LogP contribution in [-0.2, 0) is 0 Å². The Hall–Kier alpha value is -0.780. The fourth-order valence-electron chi connectivity index (χ4n) is 1.92. The maximum Gasteiger partial charge on any atom is -0.0216 e. The number of hydrogen-bond donors (Lipinski definition) is 0. The molecule has 86 valence electrons. The summed E-state index contributed by atoms with van der Waals surface area (Å²) in [5, 5.41) is 0. The van der Waals surface area contributed by atoms with Crippen molar-refractivity contribution < 1.29 is 0 Å². The molecule has 0 heterocycles. The van der Waals surface area contributed by atoms with Gasteiger partial charge in [-0.3, -0.25) is 0 Å². The molecular weight excluding hydrogens is 180 g/mol. The van der Waals surface area contributed by atoms with Crippen molar-refractivity contribution in [1.82, 2.24) is 0 Å². The van der Waals surface area contributed by atoms with Crippen molar-refractivity contribution in [1.29, 1.82) is 0 Å². The molecule has 1 aromatic carbocycles. The van der Waals surface area contributed by atoms with Crippen LogP contribution >= 0.6 is 0 Å². The number of benzene rings is 1. The highest BCUT2D eigenvalue weighted by Gasteiger charge is 2.08. The van der Waals surface area contributed by atoms with E-state index >= 15 is 0 Å². The van der Waals surface area contributed by atoms with Crippen LogP contribution in [0, 0.1) is 6.92 Å². The molecule has 0 saturated heterocycles. The molecule has 0 N–H and O–H groups in total. The summed E-state index contributed by atoms with van der Waals surface area (Å²) in [5.41, 5.74) is 4.46. The smallest absolute Gasteiger partial charge is 0.0216 e. The van der Waals surface area contributed by atoms with E-state index in [1.807, 2.05) is 13.8 Å². The molecule has 0 fully saturated rings. The van der Waals surface area contributed by atoms with E-state index in [1.165, 1.54) is 16.7 Å². The highest BCUT2D eigenvalue weighted by molar-refractivity contribution is 5.37. The fraction of sp³-hybridized carbons (Fsp3) is 0.600. The molecule has 0 aliphatic heterocycles. The van der Waals surface area contributed by atoms with E-state index in [0.29, 0.717) is 11.8 Å². The Bertz CT molecular complexity index is 256. The van der Waals surface area contributed by atoms with Gasteiger partial charge in [0.25, 0.3) is 0 Å². The first-order chi connectivity index (χ1) is 7.04. The second kappa shape index (κ2) is 6.66. The minimum atomic E-state index is 0.638. The standard InChI is InChI=1S/C13H20.C2H6/c1-9(2)12-7-6-8-13(10(3)4)11(12)5;1-2/h6-10H,1-5H3;1-2H3. The third-order valence-corrected chi connectivity index (χ3v) is 2.66. The lowest BCUT2D eigenvalue weighted by Gasteiger charge is -2.16. The van der Waals surface area contributed by atoms with Crippen molar-refractivity contribution in [2.45, 2.75) is 60.3 Å². The van der Waals surface area contributed by atoms with Gasteiger partial charge in [-0.2, -0.15) is 0 Å². The van der Waals surface area contributed by atoms with E-state index in [1.54, 1.807) is 0 Å². The van der Waals surface area contributed by atoms with Crippen LogP contribution in [0.3, 0.4) is 0 Å². The molecule has 0 saturated carbocycles. The molecule has 15 heavy (non-hydrogen) atoms. The van der Waals surface area contributed by atoms with Gasteiger partial charge in [0, 0.05) is 0 Å². The molecule has 1 aromatic rings. The van der Waals surface area contributed by atoms with Gasteiger partial charge >= 0.3 is 0 Å². The zero-order valence-corrected chi connectivity index (χ0v) is 11.4. The summed E-state index contributed by atoms with van der Waals surface area (Å²) in [5.74, 6) is 1.28. The van der Waals surface area contributed by atoms with E-state index in [0.717, 1.165) is 0 Å². The van der Waals surface area contributed by atoms with Gasteiger partial charge in [-0.25, -0.2) is 0 Å². The Morgan fingerprint density at radius 3 is 1.40 bits per heavy atom. The van der Waals surface area contributed by atoms with Gasteiger partial charge in [0.15, 0.2) is 0 Å². The van der Waals surface area contributed by atoms with Gasteiger partial charge in [-0.1, -0.05) is 59.7 Å². The maximum absolute atomic E-state index is 2.26. The molecular formula is C15H26. The van der Waals surface area contributed by atoms with Crippen molar-refractivity contribution in [3.8, 4) is 0 Å². The SMILES string of the molecule is CC.Cc1c(C(C)C)cccc1C(C)C. The van der Waals surface area contributed by atoms with Crippen LogP contribution in [0.1, 0.15) is 70.1 Å². The summed E-state index contributed by atoms with van der Waals surface area (Å²) in [7, 11) is 0. The topological polar surface area (TPSA) is 0 Å². The van der Waals surface area contributed by atoms with Gasteiger partial charge in [0.2, 0.25) is 0 Å². The average molecular weight is 206 g/mol. The molecule has 0 heteroatoms. The largest absolute Gasteiger partial charge is 0.0683 e. The zero-order valence-electron chi connectivity index (χ0n) is 11.4. The van der Waals surface area contributed by atoms with Crippen LogP contribution in [0.25, 0.3) is 0 Å². The monoisotopic (exact) mass is 206 g/mol. The van der Waals surface area contributed by atoms with Crippen molar-refractivity contribution in [3.05, 3.63) is 34.9 Å². The molecule has 0 aliphatic rings. The van der Waals surface area contributed by atoms with Crippen LogP contribution in [0.2, 0.25) is 0 Å². The molecule has 0 aromatic heterocycles. The first-order valence-corrected chi connectivity index (χ1v) is 6.13. The van der Waals surface area contributed by atoms with Gasteiger partial charge in [0.05, 0.1) is 0 Å². The minimum Gasteiger partial charge on any atom is -0.0683 e. The summed E-state index contributed by atoms with van der Waals surface area (Å²) < 4.78 is 0. The average Bonchev–Trinajstić information content (AvgIpc) is 2.20. The van der Waals surface area contributed by atoms with Crippen molar-refractivity contribution in [3.63, 3.8) is 0 Å². The van der Waals surface area contributed by atoms with Gasteiger partial charge in [0.1, 0.15) is 0 Å². The Balaban J connectivity index is 0.000000921. The van der Waals surface area contributed by atoms with Crippen molar-refractivity contribution in [2.75, 3.05) is 0 Å². The third kappa shape index (κ3) is 3.70. The Kier molecular flexibility index (Phi) is 6.31. The molecule has 0 aliphatic carbocycles. The van der Waals surface area contributed by atoms with Crippen LogP contribution in [-0.4, -0.2) is 0 Å². The van der Waals surface area contributed by atoms with E-state index in [4.69, 9.17) is 0 Å². The third-order valence-electron chi connectivity index (χ3n) is 2.66. The number of rotatable bonds is 2. The Labute approximate surface area is 95.7 Å². The second-order valence-corrected chi connectivity index (χ2v) is 4.37. The summed E-state index contributed by atoms with van der Waals surface area (Å²) in [4.78, 5) is 0. The normalized spacial score (nSPS) is 10.2. The maximum atomic E-state index is 2.26. The predicted octanol–water partition coefficient (Wildman–Crippen LogP) is 5.27. The lowest BCUT2D eigenvalue weighted by molar-refractivity contribution is 0.817. The lowest BCUT2D eigenvalue weighted by atomic mass is 9.90. The first-order valence-electron chi connectivity index (χ1n) is 6.13.